The van der Waals surface area contributed by atoms with Crippen molar-refractivity contribution in [2.45, 2.75) is 6.42 Å². The molecule has 0 atom stereocenters. The first-order valence-corrected chi connectivity index (χ1v) is 3.97. The number of hydrazine groups is 1. The molecule has 0 aliphatic carbocycles. The van der Waals surface area contributed by atoms with Crippen molar-refractivity contribution in [3.63, 3.8) is 0 Å². The number of nitro groups is 1. The van der Waals surface area contributed by atoms with Gasteiger partial charge in [0.05, 0.1) is 6.20 Å². The summed E-state index contributed by atoms with van der Waals surface area (Å²) in [5.41, 5.74) is 1.65. The van der Waals surface area contributed by atoms with Crippen molar-refractivity contribution in [2.75, 3.05) is 5.01 Å². The maximum atomic E-state index is 10.6. The highest BCUT2D eigenvalue weighted by Crippen LogP contribution is 2.24. The predicted octanol–water partition coefficient (Wildman–Crippen LogP) is 1.75. The number of hydrogen-bond donors (Lipinski definition) is 0. The predicted molar refractivity (Wildman–Crippen MR) is 48.8 cm³/mol. The molecule has 1 aliphatic rings. The molecule has 0 spiro atoms. The normalized spacial score (nSPS) is 14.0. The molecule has 0 unspecified atom stereocenters. The first kappa shape index (κ1) is 7.79. The summed E-state index contributed by atoms with van der Waals surface area (Å²) in [6.07, 6.45) is 4.04. The number of anilines is 1. The smallest absolute Gasteiger partial charge is 0.169 e. The Hall–Kier alpha value is -1.84. The molecule has 0 saturated heterocycles. The van der Waals surface area contributed by atoms with Gasteiger partial charge in [0.1, 0.15) is 5.69 Å². The number of nitrogens with zero attached hydrogens (tertiary/aromatic N) is 2. The van der Waals surface area contributed by atoms with Gasteiger partial charge in [-0.05, 0) is 18.1 Å². The van der Waals surface area contributed by atoms with Crippen LogP contribution in [0.15, 0.2) is 36.5 Å². The Labute approximate surface area is 75.2 Å². The van der Waals surface area contributed by atoms with Crippen LogP contribution in [0.3, 0.4) is 0 Å². The number of hydrogen-bond acceptors (Lipinski definition) is 2. The molecule has 4 nitrogen and oxygen atoms in total. The molecular weight excluding hydrogens is 168 g/mol. The second-order valence-corrected chi connectivity index (χ2v) is 2.80. The molecular formula is C9H8N2O2. The maximum Gasteiger partial charge on any atom is 0.169 e. The third kappa shape index (κ3) is 1.26. The van der Waals surface area contributed by atoms with Crippen molar-refractivity contribution < 1.29 is 5.03 Å². The van der Waals surface area contributed by atoms with Gasteiger partial charge in [-0.25, -0.2) is 10.1 Å². The summed E-state index contributed by atoms with van der Waals surface area (Å²) < 4.78 is 0. The third-order valence-corrected chi connectivity index (χ3v) is 2.00. The van der Waals surface area contributed by atoms with Crippen molar-refractivity contribution in [2.24, 2.45) is 0 Å². The van der Waals surface area contributed by atoms with E-state index >= 15 is 0 Å². The Morgan fingerprint density at radius 3 is 2.92 bits per heavy atom. The topological polar surface area (TPSA) is 46.4 Å². The van der Waals surface area contributed by atoms with Crippen molar-refractivity contribution in [3.8, 4) is 0 Å². The molecule has 4 heteroatoms. The Morgan fingerprint density at radius 2 is 2.15 bits per heavy atom. The van der Waals surface area contributed by atoms with Gasteiger partial charge in [0.15, 0.2) is 5.03 Å². The minimum Gasteiger partial charge on any atom is -0.234 e. The van der Waals surface area contributed by atoms with Gasteiger partial charge in [0, 0.05) is 0 Å². The second kappa shape index (κ2) is 2.90. The molecule has 0 N–H and O–H groups in total. The van der Waals surface area contributed by atoms with Gasteiger partial charge in [-0.15, -0.1) is 0 Å². The Balaban J connectivity index is 2.48. The molecule has 0 fully saturated rings. The molecule has 1 heterocycles. The Kier molecular flexibility index (Phi) is 1.73. The molecule has 1 aromatic rings. The van der Waals surface area contributed by atoms with E-state index in [4.69, 9.17) is 0 Å². The fourth-order valence-electron chi connectivity index (χ4n) is 1.41. The van der Waals surface area contributed by atoms with Crippen LogP contribution in [0.1, 0.15) is 5.56 Å². The van der Waals surface area contributed by atoms with E-state index in [1.54, 1.807) is 18.2 Å². The van der Waals surface area contributed by atoms with Crippen LogP contribution in [-0.4, -0.2) is 5.03 Å². The lowest BCUT2D eigenvalue weighted by Crippen LogP contribution is -2.26. The third-order valence-electron chi connectivity index (χ3n) is 2.00. The molecule has 0 bridgehead atoms. The zero-order valence-corrected chi connectivity index (χ0v) is 6.88. The summed E-state index contributed by atoms with van der Waals surface area (Å²) in [7, 11) is 0. The summed E-state index contributed by atoms with van der Waals surface area (Å²) >= 11 is 0. The van der Waals surface area contributed by atoms with Crippen molar-refractivity contribution >= 4 is 5.69 Å². The van der Waals surface area contributed by atoms with Crippen LogP contribution in [0.5, 0.6) is 0 Å². The van der Waals surface area contributed by atoms with Gasteiger partial charge in [-0.3, -0.25) is 0 Å². The second-order valence-electron chi connectivity index (χ2n) is 2.80. The van der Waals surface area contributed by atoms with Gasteiger partial charge < -0.3 is 0 Å². The van der Waals surface area contributed by atoms with Crippen LogP contribution < -0.4 is 5.01 Å². The monoisotopic (exact) mass is 176 g/mol. The van der Waals surface area contributed by atoms with Gasteiger partial charge in [0.2, 0.25) is 0 Å². The number of rotatable bonds is 1. The van der Waals surface area contributed by atoms with Crippen molar-refractivity contribution in [1.82, 2.24) is 0 Å². The summed E-state index contributed by atoms with van der Waals surface area (Å²) in [5, 5.41) is 11.2. The van der Waals surface area contributed by atoms with Gasteiger partial charge >= 0.3 is 0 Å². The number of benzene rings is 1. The zero-order chi connectivity index (χ0) is 9.26. The van der Waals surface area contributed by atoms with Crippen LogP contribution >= 0.6 is 0 Å². The lowest BCUT2D eigenvalue weighted by molar-refractivity contribution is -0.485. The first-order chi connectivity index (χ1) is 6.29. The molecule has 13 heavy (non-hydrogen) atoms. The minimum atomic E-state index is -0.422. The lowest BCUT2D eigenvalue weighted by Gasteiger charge is -2.16. The average Bonchev–Trinajstić information content (AvgIpc) is 2.17. The molecule has 0 saturated carbocycles. The summed E-state index contributed by atoms with van der Waals surface area (Å²) in [6.45, 7) is 0. The summed E-state index contributed by atoms with van der Waals surface area (Å²) in [4.78, 5) is 10.6. The average molecular weight is 176 g/mol. The fraction of sp³-hybridized carbons (Fsp3) is 0.111. The SMILES string of the molecule is O=[N+]([O-])N1C=CCc2ccccc21. The van der Waals surface area contributed by atoms with Crippen LogP contribution in [0.25, 0.3) is 0 Å². The number of para-hydroxylation sites is 1. The van der Waals surface area contributed by atoms with Gasteiger partial charge in [-0.2, -0.15) is 0 Å². The lowest BCUT2D eigenvalue weighted by atomic mass is 10.1. The Bertz CT molecular complexity index is 374. The van der Waals surface area contributed by atoms with E-state index in [1.807, 2.05) is 12.1 Å². The van der Waals surface area contributed by atoms with Crippen LogP contribution in [0.4, 0.5) is 5.69 Å². The molecule has 0 aromatic heterocycles. The number of fused-ring (bicyclic) bond motifs is 1. The van der Waals surface area contributed by atoms with E-state index in [0.717, 1.165) is 17.0 Å². The molecule has 0 radical (unpaired) electrons. The summed E-state index contributed by atoms with van der Waals surface area (Å²) in [5.74, 6) is 0. The van der Waals surface area contributed by atoms with E-state index in [1.165, 1.54) is 6.20 Å². The standard InChI is InChI=1S/C9H8N2O2/c12-11(13)10-7-3-5-8-4-1-2-6-9(8)10/h1-4,6-7H,5H2. The first-order valence-electron chi connectivity index (χ1n) is 3.97. The highest BCUT2D eigenvalue weighted by atomic mass is 16.7. The molecule has 66 valence electrons. The van der Waals surface area contributed by atoms with E-state index < -0.39 is 5.03 Å². The highest BCUT2D eigenvalue weighted by Gasteiger charge is 2.19. The molecule has 1 aromatic carbocycles. The van der Waals surface area contributed by atoms with E-state index in [0.29, 0.717) is 5.69 Å². The van der Waals surface area contributed by atoms with Crippen molar-refractivity contribution in [3.05, 3.63) is 52.2 Å². The molecule has 2 rings (SSSR count). The van der Waals surface area contributed by atoms with Crippen LogP contribution in [-0.2, 0) is 6.42 Å². The fourth-order valence-corrected chi connectivity index (χ4v) is 1.41. The van der Waals surface area contributed by atoms with Crippen LogP contribution in [0.2, 0.25) is 0 Å². The van der Waals surface area contributed by atoms with E-state index in [-0.39, 0.29) is 0 Å². The van der Waals surface area contributed by atoms with E-state index in [9.17, 15) is 10.1 Å². The molecule has 1 aliphatic heterocycles. The largest absolute Gasteiger partial charge is 0.234 e. The van der Waals surface area contributed by atoms with Gasteiger partial charge in [-0.1, -0.05) is 29.3 Å². The highest BCUT2D eigenvalue weighted by molar-refractivity contribution is 5.56. The number of allylic oxidation sites excluding steroid dienone is 1. The zero-order valence-electron chi connectivity index (χ0n) is 6.88. The van der Waals surface area contributed by atoms with Gasteiger partial charge in [0.25, 0.3) is 0 Å². The van der Waals surface area contributed by atoms with Crippen LogP contribution in [0, 0.1) is 10.1 Å². The molecule has 0 amide bonds. The quantitative estimate of drug-likeness (QED) is 0.483. The van der Waals surface area contributed by atoms with Crippen molar-refractivity contribution in [1.29, 1.82) is 0 Å². The summed E-state index contributed by atoms with van der Waals surface area (Å²) in [6, 6.07) is 7.33. The van der Waals surface area contributed by atoms with E-state index in [2.05, 4.69) is 0 Å². The maximum absolute atomic E-state index is 10.6. The Morgan fingerprint density at radius 1 is 1.38 bits per heavy atom. The minimum absolute atomic E-state index is 0.422.